The number of thiazole rings is 1. The van der Waals surface area contributed by atoms with Crippen LogP contribution in [0.15, 0.2) is 53.6 Å². The molecule has 5 nitrogen and oxygen atoms in total. The third kappa shape index (κ3) is 3.43. The summed E-state index contributed by atoms with van der Waals surface area (Å²) in [4.78, 5) is 12.7. The maximum Gasteiger partial charge on any atom is 0.387 e. The molecule has 124 valence electrons. The van der Waals surface area contributed by atoms with Crippen LogP contribution in [0.3, 0.4) is 0 Å². The van der Waals surface area contributed by atoms with Crippen molar-refractivity contribution in [3.63, 3.8) is 0 Å². The number of hydrogen-bond acceptors (Lipinski definition) is 4. The van der Waals surface area contributed by atoms with E-state index in [1.54, 1.807) is 0 Å². The van der Waals surface area contributed by atoms with Gasteiger partial charge in [0.05, 0.1) is 10.2 Å². The molecule has 0 aliphatic carbocycles. The minimum atomic E-state index is -2.94. The largest absolute Gasteiger partial charge is 0.435 e. The minimum Gasteiger partial charge on any atom is -0.435 e. The fourth-order valence-corrected chi connectivity index (χ4v) is 3.14. The molecule has 0 saturated heterocycles. The van der Waals surface area contributed by atoms with Crippen LogP contribution in [0.1, 0.15) is 10.4 Å². The van der Waals surface area contributed by atoms with Crippen molar-refractivity contribution in [1.29, 1.82) is 0 Å². The van der Waals surface area contributed by atoms with E-state index in [4.69, 9.17) is 0 Å². The average molecular weight is 349 g/mol. The van der Waals surface area contributed by atoms with Crippen molar-refractivity contribution in [3.8, 4) is 5.75 Å². The van der Waals surface area contributed by atoms with Crippen LogP contribution in [-0.2, 0) is 7.05 Å². The van der Waals surface area contributed by atoms with Gasteiger partial charge in [-0.3, -0.25) is 4.79 Å². The quantitative estimate of drug-likeness (QED) is 0.736. The molecule has 0 spiro atoms. The van der Waals surface area contributed by atoms with E-state index < -0.39 is 12.5 Å². The van der Waals surface area contributed by atoms with Gasteiger partial charge in [0, 0.05) is 12.6 Å². The molecule has 0 aliphatic rings. The highest BCUT2D eigenvalue weighted by atomic mass is 32.1. The lowest BCUT2D eigenvalue weighted by molar-refractivity contribution is -0.0498. The van der Waals surface area contributed by atoms with Gasteiger partial charge in [0.1, 0.15) is 5.75 Å². The average Bonchev–Trinajstić information content (AvgIpc) is 2.89. The van der Waals surface area contributed by atoms with Gasteiger partial charge in [0.15, 0.2) is 0 Å². The molecule has 0 saturated carbocycles. The highest BCUT2D eigenvalue weighted by Crippen LogP contribution is 2.16. The van der Waals surface area contributed by atoms with Gasteiger partial charge in [-0.25, -0.2) is 5.43 Å². The first-order chi connectivity index (χ1) is 11.5. The second-order valence-electron chi connectivity index (χ2n) is 4.87. The summed E-state index contributed by atoms with van der Waals surface area (Å²) >= 11 is 1.43. The van der Waals surface area contributed by atoms with Crippen molar-refractivity contribution in [2.45, 2.75) is 6.61 Å². The Morgan fingerprint density at radius 1 is 1.25 bits per heavy atom. The number of nitrogens with zero attached hydrogens (tertiary/aromatic N) is 2. The van der Waals surface area contributed by atoms with E-state index >= 15 is 0 Å². The highest BCUT2D eigenvalue weighted by molar-refractivity contribution is 7.16. The molecule has 1 heterocycles. The second-order valence-corrected chi connectivity index (χ2v) is 5.88. The Kier molecular flexibility index (Phi) is 4.57. The summed E-state index contributed by atoms with van der Waals surface area (Å²) < 4.78 is 31.6. The molecule has 1 amide bonds. The highest BCUT2D eigenvalue weighted by Gasteiger charge is 2.09. The lowest BCUT2D eigenvalue weighted by Crippen LogP contribution is -2.23. The van der Waals surface area contributed by atoms with Crippen molar-refractivity contribution in [3.05, 3.63) is 58.9 Å². The fourth-order valence-electron chi connectivity index (χ4n) is 2.16. The SMILES string of the molecule is Cn1/c(=N\NC(=O)c2cccc(OC(F)F)c2)sc2ccccc21. The van der Waals surface area contributed by atoms with Crippen LogP contribution in [0.2, 0.25) is 0 Å². The van der Waals surface area contributed by atoms with Crippen molar-refractivity contribution in [2.24, 2.45) is 12.1 Å². The molecule has 0 bridgehead atoms. The smallest absolute Gasteiger partial charge is 0.387 e. The predicted molar refractivity (Wildman–Crippen MR) is 86.9 cm³/mol. The molecular formula is C16H13F2N3O2S. The van der Waals surface area contributed by atoms with Crippen molar-refractivity contribution >= 4 is 27.5 Å². The molecule has 3 aromatic rings. The normalized spacial score (nSPS) is 11.9. The summed E-state index contributed by atoms with van der Waals surface area (Å²) in [5.41, 5.74) is 3.61. The van der Waals surface area contributed by atoms with Gasteiger partial charge in [-0.05, 0) is 30.3 Å². The van der Waals surface area contributed by atoms with Crippen LogP contribution in [0.25, 0.3) is 10.2 Å². The van der Waals surface area contributed by atoms with Gasteiger partial charge < -0.3 is 9.30 Å². The summed E-state index contributed by atoms with van der Waals surface area (Å²) in [6.07, 6.45) is 0. The van der Waals surface area contributed by atoms with Gasteiger partial charge in [0.2, 0.25) is 4.80 Å². The first-order valence-corrected chi connectivity index (χ1v) is 7.80. The number of benzene rings is 2. The zero-order valence-corrected chi connectivity index (χ0v) is 13.4. The van der Waals surface area contributed by atoms with E-state index in [2.05, 4.69) is 15.3 Å². The van der Waals surface area contributed by atoms with Crippen LogP contribution in [0, 0.1) is 0 Å². The van der Waals surface area contributed by atoms with E-state index in [1.165, 1.54) is 35.6 Å². The number of halogens is 2. The monoisotopic (exact) mass is 349 g/mol. The van der Waals surface area contributed by atoms with E-state index in [1.807, 2.05) is 35.9 Å². The van der Waals surface area contributed by atoms with Gasteiger partial charge >= 0.3 is 6.61 Å². The lowest BCUT2D eigenvalue weighted by Gasteiger charge is -2.05. The second kappa shape index (κ2) is 6.79. The maximum absolute atomic E-state index is 12.2. The Labute approximate surface area is 139 Å². The van der Waals surface area contributed by atoms with Gasteiger partial charge in [-0.15, -0.1) is 5.10 Å². The van der Waals surface area contributed by atoms with Gasteiger partial charge in [-0.2, -0.15) is 8.78 Å². The van der Waals surface area contributed by atoms with Crippen LogP contribution >= 0.6 is 11.3 Å². The lowest BCUT2D eigenvalue weighted by atomic mass is 10.2. The van der Waals surface area contributed by atoms with Crippen molar-refractivity contribution in [1.82, 2.24) is 9.99 Å². The standard InChI is InChI=1S/C16H13F2N3O2S/c1-21-12-7-2-3-8-13(12)24-16(21)20-19-14(22)10-5-4-6-11(9-10)23-15(17)18/h2-9,15H,1H3,(H,19,22)/b20-16+. The molecular weight excluding hydrogens is 336 g/mol. The number of carbonyl (C=O) groups is 1. The Balaban J connectivity index is 1.83. The van der Waals surface area contributed by atoms with Crippen LogP contribution in [0.4, 0.5) is 8.78 Å². The van der Waals surface area contributed by atoms with E-state index in [0.29, 0.717) is 4.80 Å². The molecule has 1 N–H and O–H groups in total. The first-order valence-electron chi connectivity index (χ1n) is 6.98. The van der Waals surface area contributed by atoms with Crippen LogP contribution < -0.4 is 15.0 Å². The predicted octanol–water partition coefficient (Wildman–Crippen LogP) is 3.09. The molecule has 3 rings (SSSR count). The third-order valence-corrected chi connectivity index (χ3v) is 4.40. The summed E-state index contributed by atoms with van der Waals surface area (Å²) in [6.45, 7) is -2.94. The number of amides is 1. The minimum absolute atomic E-state index is 0.0786. The number of ether oxygens (including phenoxy) is 1. The van der Waals surface area contributed by atoms with Crippen LogP contribution in [0.5, 0.6) is 5.75 Å². The molecule has 0 radical (unpaired) electrons. The van der Waals surface area contributed by atoms with Crippen molar-refractivity contribution < 1.29 is 18.3 Å². The summed E-state index contributed by atoms with van der Waals surface area (Å²) in [5.74, 6) is -0.586. The van der Waals surface area contributed by atoms with E-state index in [9.17, 15) is 13.6 Å². The molecule has 0 atom stereocenters. The summed E-state index contributed by atoms with van der Waals surface area (Å²) in [6, 6.07) is 13.3. The number of alkyl halides is 2. The van der Waals surface area contributed by atoms with E-state index in [-0.39, 0.29) is 11.3 Å². The number of hydrogen-bond donors (Lipinski definition) is 1. The molecule has 8 heteroatoms. The number of aryl methyl sites for hydroxylation is 1. The number of para-hydroxylation sites is 1. The Bertz CT molecular complexity index is 950. The number of fused-ring (bicyclic) bond motifs is 1. The summed E-state index contributed by atoms with van der Waals surface area (Å²) in [7, 11) is 1.85. The zero-order valence-electron chi connectivity index (χ0n) is 12.6. The Morgan fingerprint density at radius 3 is 2.79 bits per heavy atom. The summed E-state index contributed by atoms with van der Waals surface area (Å²) in [5, 5.41) is 4.10. The molecule has 0 aliphatic heterocycles. The fraction of sp³-hybridized carbons (Fsp3) is 0.125. The van der Waals surface area contributed by atoms with Gasteiger partial charge in [0.25, 0.3) is 5.91 Å². The molecule has 1 aromatic heterocycles. The number of carbonyl (C=O) groups excluding carboxylic acids is 1. The molecule has 24 heavy (non-hydrogen) atoms. The molecule has 0 fully saturated rings. The Hall–Kier alpha value is -2.74. The Morgan fingerprint density at radius 2 is 2.04 bits per heavy atom. The zero-order chi connectivity index (χ0) is 17.1. The molecule has 2 aromatic carbocycles. The third-order valence-electron chi connectivity index (χ3n) is 3.29. The molecule has 0 unspecified atom stereocenters. The number of rotatable bonds is 4. The maximum atomic E-state index is 12.2. The van der Waals surface area contributed by atoms with Gasteiger partial charge in [-0.1, -0.05) is 29.5 Å². The van der Waals surface area contributed by atoms with E-state index in [0.717, 1.165) is 10.2 Å². The first kappa shape index (κ1) is 16.1. The van der Waals surface area contributed by atoms with Crippen molar-refractivity contribution in [2.75, 3.05) is 0 Å². The number of aromatic nitrogens is 1. The topological polar surface area (TPSA) is 55.6 Å². The van der Waals surface area contributed by atoms with Crippen LogP contribution in [-0.4, -0.2) is 17.1 Å². The number of nitrogens with one attached hydrogen (secondary N) is 1.